The van der Waals surface area contributed by atoms with Gasteiger partial charge in [0.15, 0.2) is 0 Å². The van der Waals surface area contributed by atoms with E-state index in [2.05, 4.69) is 0 Å². The molecular formula is C16H21ClN2O2. The highest BCUT2D eigenvalue weighted by Gasteiger charge is 2.12. The molecule has 0 unspecified atom stereocenters. The van der Waals surface area contributed by atoms with Crippen molar-refractivity contribution < 1.29 is 9.47 Å². The topological polar surface area (TPSA) is 70.5 Å². The molecule has 5 heteroatoms. The minimum Gasteiger partial charge on any atom is -0.493 e. The molecular weight excluding hydrogens is 288 g/mol. The van der Waals surface area contributed by atoms with E-state index in [4.69, 9.17) is 20.9 Å². The number of nitrogen functional groups attached to an aromatic ring is 2. The Balaban J connectivity index is 0.00000220. The summed E-state index contributed by atoms with van der Waals surface area (Å²) in [5.74, 6) is 1.50. The number of anilines is 2. The van der Waals surface area contributed by atoms with Crippen LogP contribution in [-0.2, 0) is 0 Å². The van der Waals surface area contributed by atoms with Crippen LogP contribution in [0, 0.1) is 0 Å². The van der Waals surface area contributed by atoms with Gasteiger partial charge in [0.25, 0.3) is 0 Å². The molecule has 0 spiro atoms. The van der Waals surface area contributed by atoms with E-state index >= 15 is 0 Å². The molecule has 0 saturated heterocycles. The Hall–Kier alpha value is -2.07. The molecule has 0 aliphatic carbocycles. The smallest absolute Gasteiger partial charge is 0.129 e. The van der Waals surface area contributed by atoms with Gasteiger partial charge in [-0.15, -0.1) is 12.4 Å². The van der Waals surface area contributed by atoms with Gasteiger partial charge in [-0.3, -0.25) is 0 Å². The number of nitrogens with two attached hydrogens (primary N) is 2. The van der Waals surface area contributed by atoms with Gasteiger partial charge in [0, 0.05) is 34.6 Å². The third-order valence-corrected chi connectivity index (χ3v) is 2.90. The highest BCUT2D eigenvalue weighted by Crippen LogP contribution is 2.38. The Morgan fingerprint density at radius 3 is 1.48 bits per heavy atom. The number of benzene rings is 2. The van der Waals surface area contributed by atoms with E-state index in [1.54, 1.807) is 0 Å². The normalized spacial score (nSPS) is 9.81. The summed E-state index contributed by atoms with van der Waals surface area (Å²) in [6.07, 6.45) is 0. The van der Waals surface area contributed by atoms with Crippen LogP contribution in [0.3, 0.4) is 0 Å². The zero-order valence-corrected chi connectivity index (χ0v) is 13.1. The molecule has 0 aromatic heterocycles. The summed E-state index contributed by atoms with van der Waals surface area (Å²) in [4.78, 5) is 0. The second-order valence-corrected chi connectivity index (χ2v) is 4.38. The van der Waals surface area contributed by atoms with Gasteiger partial charge < -0.3 is 20.9 Å². The van der Waals surface area contributed by atoms with Crippen molar-refractivity contribution in [2.24, 2.45) is 0 Å². The molecule has 2 aromatic carbocycles. The number of rotatable bonds is 5. The predicted octanol–water partition coefficient (Wildman–Crippen LogP) is 3.74. The van der Waals surface area contributed by atoms with Gasteiger partial charge in [-0.05, 0) is 38.1 Å². The van der Waals surface area contributed by atoms with Gasteiger partial charge in [0.2, 0.25) is 0 Å². The van der Waals surface area contributed by atoms with E-state index in [-0.39, 0.29) is 12.4 Å². The van der Waals surface area contributed by atoms with Crippen LogP contribution in [0.25, 0.3) is 11.1 Å². The first-order valence-corrected chi connectivity index (χ1v) is 6.70. The summed E-state index contributed by atoms with van der Waals surface area (Å²) < 4.78 is 11.3. The van der Waals surface area contributed by atoms with Crippen LogP contribution in [0.5, 0.6) is 11.5 Å². The van der Waals surface area contributed by atoms with Crippen LogP contribution in [-0.4, -0.2) is 13.2 Å². The highest BCUT2D eigenvalue weighted by molar-refractivity contribution is 5.85. The SMILES string of the molecule is CCOc1cc(N)ccc1-c1ccc(N)cc1OCC.Cl. The van der Waals surface area contributed by atoms with Gasteiger partial charge in [0.05, 0.1) is 13.2 Å². The highest BCUT2D eigenvalue weighted by atomic mass is 35.5. The Bertz CT molecular complexity index is 549. The maximum Gasteiger partial charge on any atom is 0.129 e. The van der Waals surface area contributed by atoms with E-state index in [0.29, 0.717) is 24.6 Å². The molecule has 4 N–H and O–H groups in total. The van der Waals surface area contributed by atoms with E-state index < -0.39 is 0 Å². The average molecular weight is 309 g/mol. The van der Waals surface area contributed by atoms with Crippen LogP contribution < -0.4 is 20.9 Å². The van der Waals surface area contributed by atoms with Crippen LogP contribution in [0.15, 0.2) is 36.4 Å². The van der Waals surface area contributed by atoms with E-state index in [0.717, 1.165) is 22.6 Å². The summed E-state index contributed by atoms with van der Waals surface area (Å²) in [5.41, 5.74) is 14.9. The third-order valence-electron chi connectivity index (χ3n) is 2.90. The Kier molecular flexibility index (Phi) is 6.18. The maximum absolute atomic E-state index is 5.83. The van der Waals surface area contributed by atoms with Gasteiger partial charge in [-0.1, -0.05) is 0 Å². The molecule has 2 rings (SSSR count). The second-order valence-electron chi connectivity index (χ2n) is 4.38. The number of hydrogen-bond acceptors (Lipinski definition) is 4. The quantitative estimate of drug-likeness (QED) is 0.826. The van der Waals surface area contributed by atoms with Crippen molar-refractivity contribution in [2.45, 2.75) is 13.8 Å². The van der Waals surface area contributed by atoms with Crippen LogP contribution in [0.1, 0.15) is 13.8 Å². The first kappa shape index (κ1) is 17.0. The largest absolute Gasteiger partial charge is 0.493 e. The van der Waals surface area contributed by atoms with E-state index in [9.17, 15) is 0 Å². The number of ether oxygens (including phenoxy) is 2. The molecule has 0 aliphatic heterocycles. The standard InChI is InChI=1S/C16H20N2O2.ClH/c1-3-19-15-9-11(17)5-7-13(15)14-8-6-12(18)10-16(14)20-4-2;/h5-10H,3-4,17-18H2,1-2H3;1H. The molecule has 21 heavy (non-hydrogen) atoms. The van der Waals surface area contributed by atoms with Crippen molar-refractivity contribution in [1.82, 2.24) is 0 Å². The first-order chi connectivity index (χ1) is 9.65. The number of hydrogen-bond donors (Lipinski definition) is 2. The van der Waals surface area contributed by atoms with Crippen LogP contribution in [0.4, 0.5) is 11.4 Å². The summed E-state index contributed by atoms with van der Waals surface area (Å²) in [6.45, 7) is 5.05. The van der Waals surface area contributed by atoms with Crippen molar-refractivity contribution >= 4 is 23.8 Å². The molecule has 0 amide bonds. The monoisotopic (exact) mass is 308 g/mol. The molecule has 0 atom stereocenters. The molecule has 0 radical (unpaired) electrons. The molecule has 4 nitrogen and oxygen atoms in total. The second kappa shape index (κ2) is 7.64. The molecule has 2 aromatic rings. The van der Waals surface area contributed by atoms with Crippen molar-refractivity contribution in [3.05, 3.63) is 36.4 Å². The molecule has 0 saturated carbocycles. The van der Waals surface area contributed by atoms with Crippen molar-refractivity contribution in [3.63, 3.8) is 0 Å². The minimum absolute atomic E-state index is 0. The molecule has 0 aliphatic rings. The van der Waals surface area contributed by atoms with Crippen molar-refractivity contribution in [1.29, 1.82) is 0 Å². The van der Waals surface area contributed by atoms with E-state index in [1.807, 2.05) is 50.2 Å². The molecule has 0 heterocycles. The summed E-state index contributed by atoms with van der Waals surface area (Å²) in [5, 5.41) is 0. The fraction of sp³-hybridized carbons (Fsp3) is 0.250. The lowest BCUT2D eigenvalue weighted by atomic mass is 10.0. The predicted molar refractivity (Wildman–Crippen MR) is 90.3 cm³/mol. The van der Waals surface area contributed by atoms with E-state index in [1.165, 1.54) is 0 Å². The summed E-state index contributed by atoms with van der Waals surface area (Å²) >= 11 is 0. The summed E-state index contributed by atoms with van der Waals surface area (Å²) in [7, 11) is 0. The number of halogens is 1. The van der Waals surface area contributed by atoms with Crippen LogP contribution >= 0.6 is 12.4 Å². The lowest BCUT2D eigenvalue weighted by molar-refractivity contribution is 0.336. The lowest BCUT2D eigenvalue weighted by Gasteiger charge is -2.15. The van der Waals surface area contributed by atoms with Crippen molar-refractivity contribution in [3.8, 4) is 22.6 Å². The molecule has 0 bridgehead atoms. The Morgan fingerprint density at radius 1 is 0.762 bits per heavy atom. The summed E-state index contributed by atoms with van der Waals surface area (Å²) in [6, 6.07) is 11.2. The fourth-order valence-corrected chi connectivity index (χ4v) is 2.07. The average Bonchev–Trinajstić information content (AvgIpc) is 2.41. The van der Waals surface area contributed by atoms with Gasteiger partial charge in [-0.25, -0.2) is 0 Å². The van der Waals surface area contributed by atoms with Gasteiger partial charge in [-0.2, -0.15) is 0 Å². The fourth-order valence-electron chi connectivity index (χ4n) is 2.07. The maximum atomic E-state index is 5.83. The third kappa shape index (κ3) is 3.95. The van der Waals surface area contributed by atoms with Gasteiger partial charge >= 0.3 is 0 Å². The lowest BCUT2D eigenvalue weighted by Crippen LogP contribution is -1.99. The molecule has 0 fully saturated rings. The Labute approximate surface area is 131 Å². The molecule has 114 valence electrons. The zero-order valence-electron chi connectivity index (χ0n) is 12.3. The zero-order chi connectivity index (χ0) is 14.5. The van der Waals surface area contributed by atoms with Crippen molar-refractivity contribution in [2.75, 3.05) is 24.7 Å². The minimum atomic E-state index is 0. The Morgan fingerprint density at radius 2 is 1.14 bits per heavy atom. The first-order valence-electron chi connectivity index (χ1n) is 6.70. The van der Waals surface area contributed by atoms with Crippen LogP contribution in [0.2, 0.25) is 0 Å². The van der Waals surface area contributed by atoms with Gasteiger partial charge in [0.1, 0.15) is 11.5 Å².